The number of hydrogen-bond donors (Lipinski definition) is 2. The van der Waals surface area contributed by atoms with Gasteiger partial charge in [-0.05, 0) is 11.4 Å². The largest absolute Gasteiger partial charge is 0.368 e. The molecule has 0 aliphatic rings. The van der Waals surface area contributed by atoms with Crippen LogP contribution in [0.2, 0.25) is 0 Å². The highest BCUT2D eigenvalue weighted by Gasteiger charge is 2.15. The van der Waals surface area contributed by atoms with E-state index in [0.717, 1.165) is 11.3 Å². The zero-order valence-electron chi connectivity index (χ0n) is 8.46. The summed E-state index contributed by atoms with van der Waals surface area (Å²) in [6.07, 6.45) is 0. The molecule has 0 bridgehead atoms. The van der Waals surface area contributed by atoms with Crippen molar-refractivity contribution in [1.29, 1.82) is 0 Å². The van der Waals surface area contributed by atoms with Crippen LogP contribution >= 0.6 is 11.3 Å². The van der Waals surface area contributed by atoms with Gasteiger partial charge in [-0.15, -0.1) is 5.10 Å². The Morgan fingerprint density at radius 3 is 2.94 bits per heavy atom. The fraction of sp³-hybridized carbons (Fsp3) is 0.222. The molecule has 0 saturated heterocycles. The van der Waals surface area contributed by atoms with Gasteiger partial charge in [0.15, 0.2) is 0 Å². The lowest BCUT2D eigenvalue weighted by Crippen LogP contribution is -2.20. The lowest BCUT2D eigenvalue weighted by atomic mass is 10.2. The number of primary amides is 1. The molecule has 7 heteroatoms. The molecule has 0 saturated carbocycles. The molecule has 2 rings (SSSR count). The molecule has 0 atom stereocenters. The fourth-order valence-corrected chi connectivity index (χ4v) is 2.10. The molecule has 2 aromatic rings. The van der Waals surface area contributed by atoms with Crippen molar-refractivity contribution < 1.29 is 4.79 Å². The van der Waals surface area contributed by atoms with Crippen molar-refractivity contribution in [3.05, 3.63) is 22.5 Å². The molecule has 4 N–H and O–H groups in total. The third-order valence-electron chi connectivity index (χ3n) is 2.10. The van der Waals surface area contributed by atoms with Crippen LogP contribution in [0, 0.1) is 0 Å². The van der Waals surface area contributed by atoms with Crippen molar-refractivity contribution in [2.75, 3.05) is 0 Å². The molecular formula is C9H11N5OS. The number of carbonyl (C=O) groups is 1. The van der Waals surface area contributed by atoms with E-state index in [-0.39, 0.29) is 13.1 Å². The van der Waals surface area contributed by atoms with Crippen LogP contribution in [0.15, 0.2) is 16.8 Å². The molecular weight excluding hydrogens is 226 g/mol. The second kappa shape index (κ2) is 4.42. The first-order valence-corrected chi connectivity index (χ1v) is 5.60. The number of amides is 1. The average molecular weight is 237 g/mol. The molecule has 0 aliphatic heterocycles. The van der Waals surface area contributed by atoms with Gasteiger partial charge in [-0.2, -0.15) is 11.3 Å². The zero-order valence-corrected chi connectivity index (χ0v) is 9.28. The molecule has 0 fully saturated rings. The van der Waals surface area contributed by atoms with Crippen LogP contribution in [0.4, 0.5) is 0 Å². The van der Waals surface area contributed by atoms with Crippen LogP contribution in [0.1, 0.15) is 5.69 Å². The minimum absolute atomic E-state index is 0.0121. The van der Waals surface area contributed by atoms with E-state index in [0.29, 0.717) is 5.69 Å². The van der Waals surface area contributed by atoms with Crippen molar-refractivity contribution in [3.8, 4) is 11.3 Å². The van der Waals surface area contributed by atoms with Crippen LogP contribution in [-0.4, -0.2) is 20.9 Å². The first-order chi connectivity index (χ1) is 7.72. The Balaban J connectivity index is 2.47. The molecule has 16 heavy (non-hydrogen) atoms. The first kappa shape index (κ1) is 10.8. The standard InChI is InChI=1S/C9H11N5OS/c10-3-7-9(6-1-2-16-5-6)14(13-12-7)4-8(11)15/h1-2,5H,3-4,10H2,(H2,11,15). The van der Waals surface area contributed by atoms with Gasteiger partial charge in [-0.25, -0.2) is 4.68 Å². The number of aromatic nitrogens is 3. The maximum Gasteiger partial charge on any atom is 0.239 e. The summed E-state index contributed by atoms with van der Waals surface area (Å²) in [5.41, 5.74) is 13.1. The van der Waals surface area contributed by atoms with E-state index < -0.39 is 5.91 Å². The number of thiophene rings is 1. The fourth-order valence-electron chi connectivity index (χ4n) is 1.46. The monoisotopic (exact) mass is 237 g/mol. The molecule has 6 nitrogen and oxygen atoms in total. The number of nitrogens with zero attached hydrogens (tertiary/aromatic N) is 3. The summed E-state index contributed by atoms with van der Waals surface area (Å²) in [4.78, 5) is 10.9. The van der Waals surface area contributed by atoms with Crippen molar-refractivity contribution in [2.45, 2.75) is 13.1 Å². The Morgan fingerprint density at radius 1 is 1.56 bits per heavy atom. The van der Waals surface area contributed by atoms with Crippen molar-refractivity contribution in [2.24, 2.45) is 11.5 Å². The van der Waals surface area contributed by atoms with Gasteiger partial charge in [0.25, 0.3) is 0 Å². The predicted octanol–water partition coefficient (Wildman–Crippen LogP) is -0.0494. The Kier molecular flexibility index (Phi) is 2.97. The summed E-state index contributed by atoms with van der Waals surface area (Å²) in [5, 5.41) is 11.7. The Hall–Kier alpha value is -1.73. The lowest BCUT2D eigenvalue weighted by Gasteiger charge is -2.03. The van der Waals surface area contributed by atoms with Crippen molar-refractivity contribution in [1.82, 2.24) is 15.0 Å². The highest BCUT2D eigenvalue weighted by atomic mass is 32.1. The number of rotatable bonds is 4. The maximum atomic E-state index is 10.9. The quantitative estimate of drug-likeness (QED) is 0.778. The molecule has 0 radical (unpaired) electrons. The molecule has 0 spiro atoms. The normalized spacial score (nSPS) is 10.6. The molecule has 2 aromatic heterocycles. The van der Waals surface area contributed by atoms with Crippen LogP contribution in [-0.2, 0) is 17.9 Å². The number of hydrogen-bond acceptors (Lipinski definition) is 5. The average Bonchev–Trinajstić information content (AvgIpc) is 2.84. The molecule has 0 aromatic carbocycles. The topological polar surface area (TPSA) is 99.8 Å². The van der Waals surface area contributed by atoms with E-state index in [4.69, 9.17) is 11.5 Å². The minimum atomic E-state index is -0.454. The van der Waals surface area contributed by atoms with E-state index in [1.807, 2.05) is 16.8 Å². The van der Waals surface area contributed by atoms with E-state index >= 15 is 0 Å². The Morgan fingerprint density at radius 2 is 2.38 bits per heavy atom. The smallest absolute Gasteiger partial charge is 0.239 e. The first-order valence-electron chi connectivity index (χ1n) is 4.65. The van der Waals surface area contributed by atoms with Gasteiger partial charge in [0.1, 0.15) is 12.2 Å². The summed E-state index contributed by atoms with van der Waals surface area (Å²) in [7, 11) is 0. The van der Waals surface area contributed by atoms with E-state index in [2.05, 4.69) is 10.3 Å². The predicted molar refractivity (Wildman–Crippen MR) is 60.4 cm³/mol. The molecule has 2 heterocycles. The van der Waals surface area contributed by atoms with Crippen LogP contribution in [0.5, 0.6) is 0 Å². The van der Waals surface area contributed by atoms with Crippen LogP contribution < -0.4 is 11.5 Å². The van der Waals surface area contributed by atoms with E-state index in [1.54, 1.807) is 11.3 Å². The van der Waals surface area contributed by atoms with Crippen molar-refractivity contribution in [3.63, 3.8) is 0 Å². The summed E-state index contributed by atoms with van der Waals surface area (Å²) in [5.74, 6) is -0.454. The SMILES string of the molecule is NCc1nnn(CC(N)=O)c1-c1ccsc1. The van der Waals surface area contributed by atoms with Gasteiger partial charge in [-0.1, -0.05) is 5.21 Å². The summed E-state index contributed by atoms with van der Waals surface area (Å²) in [6, 6.07) is 1.93. The minimum Gasteiger partial charge on any atom is -0.368 e. The lowest BCUT2D eigenvalue weighted by molar-refractivity contribution is -0.118. The second-order valence-corrected chi connectivity index (χ2v) is 4.00. The number of carbonyl (C=O) groups excluding carboxylic acids is 1. The van der Waals surface area contributed by atoms with Crippen molar-refractivity contribution >= 4 is 17.2 Å². The summed E-state index contributed by atoms with van der Waals surface area (Å²) in [6.45, 7) is 0.294. The third-order valence-corrected chi connectivity index (χ3v) is 2.78. The zero-order chi connectivity index (χ0) is 11.5. The van der Waals surface area contributed by atoms with Gasteiger partial charge in [-0.3, -0.25) is 4.79 Å². The molecule has 0 aliphatic carbocycles. The van der Waals surface area contributed by atoms with Gasteiger partial charge >= 0.3 is 0 Å². The maximum absolute atomic E-state index is 10.9. The van der Waals surface area contributed by atoms with Gasteiger partial charge in [0.05, 0.1) is 5.69 Å². The summed E-state index contributed by atoms with van der Waals surface area (Å²) >= 11 is 1.56. The Bertz CT molecular complexity index is 490. The van der Waals surface area contributed by atoms with E-state index in [1.165, 1.54) is 4.68 Å². The molecule has 0 unspecified atom stereocenters. The summed E-state index contributed by atoms with van der Waals surface area (Å²) < 4.78 is 1.48. The Labute approximate surface area is 95.9 Å². The second-order valence-electron chi connectivity index (χ2n) is 3.22. The highest BCUT2D eigenvalue weighted by Crippen LogP contribution is 2.24. The highest BCUT2D eigenvalue weighted by molar-refractivity contribution is 7.08. The van der Waals surface area contributed by atoms with Gasteiger partial charge in [0, 0.05) is 17.5 Å². The van der Waals surface area contributed by atoms with E-state index in [9.17, 15) is 4.79 Å². The number of nitrogens with two attached hydrogens (primary N) is 2. The van der Waals surface area contributed by atoms with Gasteiger partial charge < -0.3 is 11.5 Å². The third kappa shape index (κ3) is 1.95. The van der Waals surface area contributed by atoms with Crippen LogP contribution in [0.25, 0.3) is 11.3 Å². The molecule has 84 valence electrons. The van der Waals surface area contributed by atoms with Crippen LogP contribution in [0.3, 0.4) is 0 Å². The van der Waals surface area contributed by atoms with Gasteiger partial charge in [0.2, 0.25) is 5.91 Å². The molecule has 1 amide bonds.